The largest absolute Gasteiger partial charge is 0.497 e. The Balaban J connectivity index is 1.60. The minimum absolute atomic E-state index is 0.0310. The molecule has 2 saturated heterocycles. The molecule has 8 heteroatoms. The number of morpholine rings is 1. The summed E-state index contributed by atoms with van der Waals surface area (Å²) in [4.78, 5) is 30.7. The summed E-state index contributed by atoms with van der Waals surface area (Å²) in [5.41, 5.74) is 0.522. The smallest absolute Gasteiger partial charge is 0.320 e. The molecule has 2 heterocycles. The van der Waals surface area contributed by atoms with E-state index >= 15 is 0 Å². The summed E-state index contributed by atoms with van der Waals surface area (Å²) < 4.78 is 15.7. The lowest BCUT2D eigenvalue weighted by Gasteiger charge is -2.38. The zero-order valence-corrected chi connectivity index (χ0v) is 15.3. The van der Waals surface area contributed by atoms with Crippen molar-refractivity contribution in [3.05, 3.63) is 23.8 Å². The normalized spacial score (nSPS) is 17.8. The molecule has 0 aliphatic carbocycles. The number of hydrogen-bond donors (Lipinski definition) is 0. The van der Waals surface area contributed by atoms with Gasteiger partial charge in [0.15, 0.2) is 0 Å². The van der Waals surface area contributed by atoms with Crippen molar-refractivity contribution < 1.29 is 23.8 Å². The van der Waals surface area contributed by atoms with Crippen molar-refractivity contribution in [2.24, 2.45) is 0 Å². The number of methoxy groups -OCH3 is 2. The SMILES string of the molecule is COc1cc(OC)cc(C(=O)N2CCN(C(=O)N3CCOCC3)CC2)c1. The van der Waals surface area contributed by atoms with E-state index in [1.54, 1.807) is 42.2 Å². The van der Waals surface area contributed by atoms with Crippen molar-refractivity contribution in [1.82, 2.24) is 14.7 Å². The quantitative estimate of drug-likeness (QED) is 0.798. The Morgan fingerprint density at radius 3 is 1.85 bits per heavy atom. The first-order valence-corrected chi connectivity index (χ1v) is 8.76. The van der Waals surface area contributed by atoms with Crippen LogP contribution >= 0.6 is 0 Å². The van der Waals surface area contributed by atoms with Crippen LogP contribution in [0.4, 0.5) is 4.79 Å². The minimum Gasteiger partial charge on any atom is -0.497 e. The average Bonchev–Trinajstić information content (AvgIpc) is 2.73. The van der Waals surface area contributed by atoms with Gasteiger partial charge in [-0.1, -0.05) is 0 Å². The van der Waals surface area contributed by atoms with Gasteiger partial charge in [0.25, 0.3) is 5.91 Å². The van der Waals surface area contributed by atoms with E-state index in [1.165, 1.54) is 0 Å². The molecule has 0 atom stereocenters. The molecule has 0 bridgehead atoms. The molecule has 2 aliphatic rings. The molecule has 142 valence electrons. The summed E-state index contributed by atoms with van der Waals surface area (Å²) in [6, 6.07) is 5.17. The number of rotatable bonds is 3. The second-order valence-electron chi connectivity index (χ2n) is 6.26. The first kappa shape index (κ1) is 18.3. The average molecular weight is 363 g/mol. The van der Waals surface area contributed by atoms with E-state index in [0.29, 0.717) is 69.5 Å². The van der Waals surface area contributed by atoms with E-state index in [1.807, 2.05) is 4.90 Å². The van der Waals surface area contributed by atoms with Gasteiger partial charge in [-0.15, -0.1) is 0 Å². The maximum absolute atomic E-state index is 12.8. The number of benzene rings is 1. The highest BCUT2D eigenvalue weighted by molar-refractivity contribution is 5.95. The highest BCUT2D eigenvalue weighted by Gasteiger charge is 2.28. The Bertz CT molecular complexity index is 630. The van der Waals surface area contributed by atoms with Crippen molar-refractivity contribution in [1.29, 1.82) is 0 Å². The molecular weight excluding hydrogens is 338 g/mol. The van der Waals surface area contributed by atoms with Crippen LogP contribution in [0.25, 0.3) is 0 Å². The maximum atomic E-state index is 12.8. The molecule has 2 fully saturated rings. The van der Waals surface area contributed by atoms with E-state index in [2.05, 4.69) is 0 Å². The number of carbonyl (C=O) groups is 2. The zero-order chi connectivity index (χ0) is 18.5. The van der Waals surface area contributed by atoms with Crippen LogP contribution in [0, 0.1) is 0 Å². The summed E-state index contributed by atoms with van der Waals surface area (Å²) in [6.45, 7) is 4.50. The monoisotopic (exact) mass is 363 g/mol. The standard InChI is InChI=1S/C18H25N3O5/c1-24-15-11-14(12-16(13-15)25-2)17(22)19-3-5-20(6-4-19)18(23)21-7-9-26-10-8-21/h11-13H,3-10H2,1-2H3. The molecule has 0 aromatic heterocycles. The predicted molar refractivity (Wildman–Crippen MR) is 94.8 cm³/mol. The van der Waals surface area contributed by atoms with Gasteiger partial charge in [-0.2, -0.15) is 0 Å². The van der Waals surface area contributed by atoms with Crippen LogP contribution in [-0.2, 0) is 4.74 Å². The van der Waals surface area contributed by atoms with E-state index in [0.717, 1.165) is 0 Å². The van der Waals surface area contributed by atoms with Gasteiger partial charge in [-0.3, -0.25) is 4.79 Å². The summed E-state index contributed by atoms with van der Waals surface area (Å²) in [7, 11) is 3.11. The Kier molecular flexibility index (Phi) is 5.82. The molecule has 3 amide bonds. The number of amides is 3. The van der Waals surface area contributed by atoms with Crippen molar-refractivity contribution in [3.63, 3.8) is 0 Å². The molecule has 0 saturated carbocycles. The highest BCUT2D eigenvalue weighted by atomic mass is 16.5. The van der Waals surface area contributed by atoms with Crippen molar-refractivity contribution in [2.45, 2.75) is 0 Å². The third-order valence-electron chi connectivity index (χ3n) is 4.72. The van der Waals surface area contributed by atoms with E-state index in [9.17, 15) is 9.59 Å². The molecular formula is C18H25N3O5. The maximum Gasteiger partial charge on any atom is 0.320 e. The van der Waals surface area contributed by atoms with Gasteiger partial charge in [0.2, 0.25) is 0 Å². The lowest BCUT2D eigenvalue weighted by Crippen LogP contribution is -2.55. The second kappa shape index (κ2) is 8.27. The Morgan fingerprint density at radius 1 is 0.808 bits per heavy atom. The van der Waals surface area contributed by atoms with Gasteiger partial charge in [-0.25, -0.2) is 4.79 Å². The molecule has 8 nitrogen and oxygen atoms in total. The van der Waals surface area contributed by atoms with Crippen LogP contribution in [0.1, 0.15) is 10.4 Å². The zero-order valence-electron chi connectivity index (χ0n) is 15.3. The van der Waals surface area contributed by atoms with Crippen molar-refractivity contribution in [2.75, 3.05) is 66.7 Å². The van der Waals surface area contributed by atoms with Gasteiger partial charge >= 0.3 is 6.03 Å². The fourth-order valence-corrected chi connectivity index (χ4v) is 3.17. The van der Waals surface area contributed by atoms with Crippen molar-refractivity contribution in [3.8, 4) is 11.5 Å². The third-order valence-corrected chi connectivity index (χ3v) is 4.72. The van der Waals surface area contributed by atoms with Crippen LogP contribution in [0.5, 0.6) is 11.5 Å². The molecule has 0 unspecified atom stereocenters. The highest BCUT2D eigenvalue weighted by Crippen LogP contribution is 2.24. The topological polar surface area (TPSA) is 71.6 Å². The lowest BCUT2D eigenvalue weighted by molar-refractivity contribution is 0.0362. The molecule has 0 N–H and O–H groups in total. The molecule has 2 aliphatic heterocycles. The first-order valence-electron chi connectivity index (χ1n) is 8.76. The number of carbonyl (C=O) groups excluding carboxylic acids is 2. The number of hydrogen-bond acceptors (Lipinski definition) is 5. The molecule has 0 spiro atoms. The van der Waals surface area contributed by atoms with E-state index in [4.69, 9.17) is 14.2 Å². The second-order valence-corrected chi connectivity index (χ2v) is 6.26. The van der Waals surface area contributed by atoms with Crippen LogP contribution in [0.2, 0.25) is 0 Å². The van der Waals surface area contributed by atoms with E-state index in [-0.39, 0.29) is 11.9 Å². The fraction of sp³-hybridized carbons (Fsp3) is 0.556. The van der Waals surface area contributed by atoms with Gasteiger partial charge < -0.3 is 28.9 Å². The van der Waals surface area contributed by atoms with Gasteiger partial charge in [-0.05, 0) is 12.1 Å². The van der Waals surface area contributed by atoms with Crippen molar-refractivity contribution >= 4 is 11.9 Å². The molecule has 1 aromatic carbocycles. The van der Waals surface area contributed by atoms with E-state index < -0.39 is 0 Å². The summed E-state index contributed by atoms with van der Waals surface area (Å²) in [5.74, 6) is 1.07. The molecule has 0 radical (unpaired) electrons. The number of nitrogens with zero attached hydrogens (tertiary/aromatic N) is 3. The number of piperazine rings is 1. The summed E-state index contributed by atoms with van der Waals surface area (Å²) >= 11 is 0. The Morgan fingerprint density at radius 2 is 1.31 bits per heavy atom. The lowest BCUT2D eigenvalue weighted by atomic mass is 10.1. The van der Waals surface area contributed by atoms with Crippen LogP contribution in [-0.4, -0.2) is 93.3 Å². The molecule has 26 heavy (non-hydrogen) atoms. The fourth-order valence-electron chi connectivity index (χ4n) is 3.17. The van der Waals surface area contributed by atoms with Gasteiger partial charge in [0, 0.05) is 50.9 Å². The van der Waals surface area contributed by atoms with Crippen LogP contribution < -0.4 is 9.47 Å². The Labute approximate surface area is 153 Å². The first-order chi connectivity index (χ1) is 12.6. The van der Waals surface area contributed by atoms with Crippen LogP contribution in [0.15, 0.2) is 18.2 Å². The van der Waals surface area contributed by atoms with Gasteiger partial charge in [0.1, 0.15) is 11.5 Å². The van der Waals surface area contributed by atoms with Crippen LogP contribution in [0.3, 0.4) is 0 Å². The Hall–Kier alpha value is -2.48. The predicted octanol–water partition coefficient (Wildman–Crippen LogP) is 0.914. The summed E-state index contributed by atoms with van der Waals surface area (Å²) in [6.07, 6.45) is 0. The third kappa shape index (κ3) is 4.01. The number of urea groups is 1. The minimum atomic E-state index is -0.0827. The molecule has 1 aromatic rings. The summed E-state index contributed by atoms with van der Waals surface area (Å²) in [5, 5.41) is 0. The molecule has 3 rings (SSSR count). The number of ether oxygens (including phenoxy) is 3. The van der Waals surface area contributed by atoms with Gasteiger partial charge in [0.05, 0.1) is 27.4 Å².